The lowest BCUT2D eigenvalue weighted by Gasteiger charge is -2.33. The summed E-state index contributed by atoms with van der Waals surface area (Å²) in [4.78, 5) is 13.7. The number of aromatic amines is 1. The minimum absolute atomic E-state index is 0.985. The minimum Gasteiger partial charge on any atom is -0.353 e. The van der Waals surface area contributed by atoms with Crippen molar-refractivity contribution in [2.24, 2.45) is 0 Å². The van der Waals surface area contributed by atoms with Gasteiger partial charge in [0.25, 0.3) is 0 Å². The van der Waals surface area contributed by atoms with Crippen LogP contribution in [0.25, 0.3) is 22.0 Å². The van der Waals surface area contributed by atoms with Gasteiger partial charge in [0.1, 0.15) is 12.1 Å². The lowest BCUT2D eigenvalue weighted by Crippen LogP contribution is -2.44. The van der Waals surface area contributed by atoms with Gasteiger partial charge in [-0.3, -0.25) is 5.10 Å². The van der Waals surface area contributed by atoms with Gasteiger partial charge in [-0.25, -0.2) is 9.97 Å². The summed E-state index contributed by atoms with van der Waals surface area (Å²) in [5.74, 6) is 1.03. The van der Waals surface area contributed by atoms with Crippen molar-refractivity contribution in [2.45, 2.75) is 6.92 Å². The molecule has 118 valence electrons. The van der Waals surface area contributed by atoms with Gasteiger partial charge in [0.15, 0.2) is 0 Å². The van der Waals surface area contributed by atoms with Gasteiger partial charge < -0.3 is 9.80 Å². The molecule has 3 aromatic rings. The number of fused-ring (bicyclic) bond motifs is 1. The molecule has 0 unspecified atom stereocenters. The molecule has 0 aliphatic carbocycles. The Hall–Kier alpha value is -2.47. The standard InChI is InChI=1S/C17H20N6/c1-12-15(10-20-21-12)13-3-4-16-14(9-13)17(19-11-18-16)23-7-5-22(2)6-8-23/h3-4,9-11H,5-8H2,1-2H3,(H,20,21). The van der Waals surface area contributed by atoms with Crippen LogP contribution in [-0.2, 0) is 0 Å². The van der Waals surface area contributed by atoms with Crippen molar-refractivity contribution in [3.63, 3.8) is 0 Å². The summed E-state index contributed by atoms with van der Waals surface area (Å²) in [5, 5.41) is 8.23. The molecule has 1 fully saturated rings. The Morgan fingerprint density at radius 1 is 1.09 bits per heavy atom. The highest BCUT2D eigenvalue weighted by atomic mass is 15.3. The van der Waals surface area contributed by atoms with Gasteiger partial charge >= 0.3 is 0 Å². The summed E-state index contributed by atoms with van der Waals surface area (Å²) in [6, 6.07) is 6.35. The van der Waals surface area contributed by atoms with Crippen LogP contribution in [0, 0.1) is 6.92 Å². The average molecular weight is 308 g/mol. The topological polar surface area (TPSA) is 60.9 Å². The second kappa shape index (κ2) is 5.62. The normalized spacial score (nSPS) is 16.2. The molecule has 0 radical (unpaired) electrons. The van der Waals surface area contributed by atoms with Gasteiger partial charge in [0.05, 0.1) is 11.7 Å². The van der Waals surface area contributed by atoms with Crippen LogP contribution in [0.15, 0.2) is 30.7 Å². The molecule has 2 aromatic heterocycles. The predicted molar refractivity (Wildman–Crippen MR) is 91.6 cm³/mol. The Balaban J connectivity index is 1.80. The number of hydrogen-bond donors (Lipinski definition) is 1. The molecule has 3 heterocycles. The van der Waals surface area contributed by atoms with Crippen LogP contribution in [0.3, 0.4) is 0 Å². The lowest BCUT2D eigenvalue weighted by atomic mass is 10.0. The Morgan fingerprint density at radius 2 is 1.91 bits per heavy atom. The first kappa shape index (κ1) is 14.1. The van der Waals surface area contributed by atoms with Crippen molar-refractivity contribution in [3.05, 3.63) is 36.4 Å². The highest BCUT2D eigenvalue weighted by Gasteiger charge is 2.18. The molecule has 0 spiro atoms. The van der Waals surface area contributed by atoms with Gasteiger partial charge in [0.2, 0.25) is 0 Å². The van der Waals surface area contributed by atoms with E-state index >= 15 is 0 Å². The first-order valence-electron chi connectivity index (χ1n) is 7.91. The van der Waals surface area contributed by atoms with Crippen LogP contribution < -0.4 is 4.90 Å². The smallest absolute Gasteiger partial charge is 0.139 e. The third kappa shape index (κ3) is 2.55. The van der Waals surface area contributed by atoms with Gasteiger partial charge in [-0.05, 0) is 31.7 Å². The molecule has 23 heavy (non-hydrogen) atoms. The maximum atomic E-state index is 4.57. The Kier molecular flexibility index (Phi) is 3.46. The number of H-pyrrole nitrogens is 1. The molecular formula is C17H20N6. The molecule has 0 amide bonds. The van der Waals surface area contributed by atoms with Crippen LogP contribution in [-0.4, -0.2) is 58.3 Å². The monoisotopic (exact) mass is 308 g/mol. The summed E-state index contributed by atoms with van der Waals surface area (Å²) >= 11 is 0. The van der Waals surface area contributed by atoms with Crippen LogP contribution in [0.5, 0.6) is 0 Å². The van der Waals surface area contributed by atoms with Crippen LogP contribution in [0.4, 0.5) is 5.82 Å². The third-order valence-corrected chi connectivity index (χ3v) is 4.56. The van der Waals surface area contributed by atoms with Gasteiger partial charge in [-0.15, -0.1) is 0 Å². The van der Waals surface area contributed by atoms with Gasteiger partial charge in [-0.1, -0.05) is 6.07 Å². The van der Waals surface area contributed by atoms with E-state index in [9.17, 15) is 0 Å². The highest BCUT2D eigenvalue weighted by Crippen LogP contribution is 2.29. The molecule has 1 N–H and O–H groups in total. The van der Waals surface area contributed by atoms with E-state index in [1.807, 2.05) is 13.1 Å². The number of likely N-dealkylation sites (N-methyl/N-ethyl adjacent to an activating group) is 1. The quantitative estimate of drug-likeness (QED) is 0.785. The molecule has 1 aromatic carbocycles. The zero-order valence-corrected chi connectivity index (χ0v) is 13.5. The van der Waals surface area contributed by atoms with E-state index in [4.69, 9.17) is 0 Å². The Bertz CT molecular complexity index is 832. The summed E-state index contributed by atoms with van der Waals surface area (Å²) in [7, 11) is 2.16. The molecular weight excluding hydrogens is 288 g/mol. The van der Waals surface area contributed by atoms with Crippen molar-refractivity contribution < 1.29 is 0 Å². The van der Waals surface area contributed by atoms with E-state index in [1.165, 1.54) is 0 Å². The van der Waals surface area contributed by atoms with Gasteiger partial charge in [-0.2, -0.15) is 5.10 Å². The van der Waals surface area contributed by atoms with Crippen LogP contribution >= 0.6 is 0 Å². The minimum atomic E-state index is 0.985. The highest BCUT2D eigenvalue weighted by molar-refractivity contribution is 5.93. The molecule has 1 aliphatic rings. The first-order chi connectivity index (χ1) is 11.2. The molecule has 4 rings (SSSR count). The predicted octanol–water partition coefficient (Wildman–Crippen LogP) is 2.08. The van der Waals surface area contributed by atoms with E-state index in [-0.39, 0.29) is 0 Å². The number of anilines is 1. The van der Waals surface area contributed by atoms with E-state index in [0.29, 0.717) is 0 Å². The lowest BCUT2D eigenvalue weighted by molar-refractivity contribution is 0.312. The Labute approximate surface area is 135 Å². The SMILES string of the molecule is Cc1[nH]ncc1-c1ccc2ncnc(N3CCN(C)CC3)c2c1. The first-order valence-corrected chi connectivity index (χ1v) is 7.91. The molecule has 1 aliphatic heterocycles. The van der Waals surface area contributed by atoms with Crippen molar-refractivity contribution in [2.75, 3.05) is 38.1 Å². The van der Waals surface area contributed by atoms with E-state index < -0.39 is 0 Å². The van der Waals surface area contributed by atoms with E-state index in [2.05, 4.69) is 55.2 Å². The number of benzene rings is 1. The Morgan fingerprint density at radius 3 is 2.65 bits per heavy atom. The number of piperazine rings is 1. The maximum Gasteiger partial charge on any atom is 0.139 e. The number of nitrogens with one attached hydrogen (secondary N) is 1. The van der Waals surface area contributed by atoms with E-state index in [0.717, 1.165) is 59.7 Å². The molecule has 1 saturated heterocycles. The second-order valence-corrected chi connectivity index (χ2v) is 6.13. The molecule has 0 saturated carbocycles. The van der Waals surface area contributed by atoms with Crippen molar-refractivity contribution in [3.8, 4) is 11.1 Å². The van der Waals surface area contributed by atoms with Crippen LogP contribution in [0.2, 0.25) is 0 Å². The second-order valence-electron chi connectivity index (χ2n) is 6.13. The number of aromatic nitrogens is 4. The maximum absolute atomic E-state index is 4.57. The number of aryl methyl sites for hydroxylation is 1. The van der Waals surface area contributed by atoms with Crippen molar-refractivity contribution in [1.82, 2.24) is 25.1 Å². The van der Waals surface area contributed by atoms with Crippen molar-refractivity contribution in [1.29, 1.82) is 0 Å². The van der Waals surface area contributed by atoms with E-state index in [1.54, 1.807) is 6.33 Å². The molecule has 6 nitrogen and oxygen atoms in total. The summed E-state index contributed by atoms with van der Waals surface area (Å²) in [5.41, 5.74) is 4.33. The number of nitrogens with zero attached hydrogens (tertiary/aromatic N) is 5. The third-order valence-electron chi connectivity index (χ3n) is 4.56. The van der Waals surface area contributed by atoms with Crippen molar-refractivity contribution >= 4 is 16.7 Å². The summed E-state index contributed by atoms with van der Waals surface area (Å²) in [6.45, 7) is 6.16. The fraction of sp³-hybridized carbons (Fsp3) is 0.353. The average Bonchev–Trinajstić information content (AvgIpc) is 3.01. The zero-order valence-electron chi connectivity index (χ0n) is 13.5. The summed E-state index contributed by atoms with van der Waals surface area (Å²) < 4.78 is 0. The largest absolute Gasteiger partial charge is 0.353 e. The fourth-order valence-corrected chi connectivity index (χ4v) is 3.12. The van der Waals surface area contributed by atoms with Crippen LogP contribution in [0.1, 0.15) is 5.69 Å². The van der Waals surface area contributed by atoms with Gasteiger partial charge in [0, 0.05) is 42.8 Å². The zero-order chi connectivity index (χ0) is 15.8. The molecule has 0 atom stereocenters. The molecule has 0 bridgehead atoms. The molecule has 6 heteroatoms. The summed E-state index contributed by atoms with van der Waals surface area (Å²) in [6.07, 6.45) is 3.54. The number of rotatable bonds is 2. The fourth-order valence-electron chi connectivity index (χ4n) is 3.12. The number of hydrogen-bond acceptors (Lipinski definition) is 5.